The Morgan fingerprint density at radius 2 is 2.00 bits per heavy atom. The lowest BCUT2D eigenvalue weighted by Gasteiger charge is -2.00. The molecule has 1 aromatic heterocycles. The minimum absolute atomic E-state index is 0.395. The van der Waals surface area contributed by atoms with Crippen LogP contribution in [-0.4, -0.2) is 26.7 Å². The summed E-state index contributed by atoms with van der Waals surface area (Å²) in [4.78, 5) is 22.5. The molecule has 1 aromatic carbocycles. The van der Waals surface area contributed by atoms with Gasteiger partial charge in [-0.1, -0.05) is 30.3 Å². The van der Waals surface area contributed by atoms with Crippen molar-refractivity contribution in [2.45, 2.75) is 12.3 Å². The van der Waals surface area contributed by atoms with Crippen molar-refractivity contribution in [3.63, 3.8) is 0 Å². The van der Waals surface area contributed by atoms with Gasteiger partial charge in [0.1, 0.15) is 0 Å². The lowest BCUT2D eigenvalue weighted by Crippen LogP contribution is -2.22. The molecule has 106 valence electrons. The Morgan fingerprint density at radius 1 is 1.24 bits per heavy atom. The van der Waals surface area contributed by atoms with Gasteiger partial charge in [-0.25, -0.2) is 0 Å². The van der Waals surface area contributed by atoms with Gasteiger partial charge in [-0.05, 0) is 24.2 Å². The fraction of sp³-hybridized carbons (Fsp3) is 0.154. The van der Waals surface area contributed by atoms with Gasteiger partial charge in [-0.2, -0.15) is 10.2 Å². The van der Waals surface area contributed by atoms with Crippen LogP contribution < -0.4 is 5.32 Å². The molecule has 2 aromatic rings. The van der Waals surface area contributed by atoms with Crippen LogP contribution in [-0.2, 0) is 4.79 Å². The minimum Gasteiger partial charge on any atom is -0.284 e. The SMILES string of the molecule is Cc1[nH]nc(N=NC2SC(=O)NC2=O)c1-c1ccccc1. The van der Waals surface area contributed by atoms with Gasteiger partial charge in [0.2, 0.25) is 11.2 Å². The first-order chi connectivity index (χ1) is 10.1. The third-order valence-corrected chi connectivity index (χ3v) is 3.76. The zero-order valence-corrected chi connectivity index (χ0v) is 11.8. The van der Waals surface area contributed by atoms with Crippen LogP contribution in [0.2, 0.25) is 0 Å². The molecule has 1 aliphatic rings. The summed E-state index contributed by atoms with van der Waals surface area (Å²) in [5, 5.41) is 15.8. The van der Waals surface area contributed by atoms with Crippen molar-refractivity contribution in [1.29, 1.82) is 0 Å². The summed E-state index contributed by atoms with van der Waals surface area (Å²) in [6.07, 6.45) is 0. The molecule has 1 fully saturated rings. The molecule has 21 heavy (non-hydrogen) atoms. The number of hydrogen-bond acceptors (Lipinski definition) is 6. The van der Waals surface area contributed by atoms with Crippen molar-refractivity contribution in [3.05, 3.63) is 36.0 Å². The number of aromatic amines is 1. The van der Waals surface area contributed by atoms with Crippen molar-refractivity contribution in [2.24, 2.45) is 10.2 Å². The number of aromatic nitrogens is 2. The normalized spacial score (nSPS) is 18.4. The van der Waals surface area contributed by atoms with E-state index in [1.807, 2.05) is 37.3 Å². The molecule has 0 spiro atoms. The van der Waals surface area contributed by atoms with E-state index in [9.17, 15) is 9.59 Å². The summed E-state index contributed by atoms with van der Waals surface area (Å²) in [6.45, 7) is 1.88. The fourth-order valence-electron chi connectivity index (χ4n) is 1.97. The van der Waals surface area contributed by atoms with Crippen molar-refractivity contribution < 1.29 is 9.59 Å². The summed E-state index contributed by atoms with van der Waals surface area (Å²) in [7, 11) is 0. The van der Waals surface area contributed by atoms with Gasteiger partial charge in [0.25, 0.3) is 11.1 Å². The van der Waals surface area contributed by atoms with E-state index < -0.39 is 16.5 Å². The zero-order valence-electron chi connectivity index (χ0n) is 11.0. The van der Waals surface area contributed by atoms with Crippen LogP contribution in [0.4, 0.5) is 10.6 Å². The largest absolute Gasteiger partial charge is 0.288 e. The van der Waals surface area contributed by atoms with Crippen LogP contribution >= 0.6 is 11.8 Å². The smallest absolute Gasteiger partial charge is 0.284 e. The molecule has 8 heteroatoms. The van der Waals surface area contributed by atoms with Crippen LogP contribution in [0.25, 0.3) is 11.1 Å². The number of nitrogens with zero attached hydrogens (tertiary/aromatic N) is 3. The van der Waals surface area contributed by atoms with Crippen molar-refractivity contribution in [2.75, 3.05) is 0 Å². The average Bonchev–Trinajstić information content (AvgIpc) is 3.00. The number of imide groups is 1. The van der Waals surface area contributed by atoms with Gasteiger partial charge in [-0.3, -0.25) is 20.0 Å². The maximum absolute atomic E-state index is 11.4. The number of H-pyrrole nitrogens is 1. The Bertz CT molecular complexity index is 725. The Labute approximate surface area is 124 Å². The first kappa shape index (κ1) is 13.5. The molecule has 0 saturated carbocycles. The molecule has 2 amide bonds. The molecule has 2 heterocycles. The maximum Gasteiger partial charge on any atom is 0.288 e. The van der Waals surface area contributed by atoms with Gasteiger partial charge >= 0.3 is 0 Å². The van der Waals surface area contributed by atoms with Gasteiger partial charge < -0.3 is 0 Å². The molecule has 1 saturated heterocycles. The van der Waals surface area contributed by atoms with Crippen LogP contribution in [0.5, 0.6) is 0 Å². The lowest BCUT2D eigenvalue weighted by atomic mass is 10.1. The third-order valence-electron chi connectivity index (χ3n) is 2.92. The Kier molecular flexibility index (Phi) is 3.53. The number of nitrogens with one attached hydrogen (secondary N) is 2. The number of azo groups is 1. The van der Waals surface area contributed by atoms with E-state index in [0.717, 1.165) is 28.6 Å². The molecule has 1 atom stereocenters. The molecule has 3 rings (SSSR count). The van der Waals surface area contributed by atoms with E-state index in [4.69, 9.17) is 0 Å². The molecule has 0 aliphatic carbocycles. The first-order valence-electron chi connectivity index (χ1n) is 6.18. The highest BCUT2D eigenvalue weighted by Crippen LogP contribution is 2.32. The van der Waals surface area contributed by atoms with E-state index in [0.29, 0.717) is 5.82 Å². The fourth-order valence-corrected chi connectivity index (χ4v) is 2.59. The van der Waals surface area contributed by atoms with E-state index in [2.05, 4.69) is 25.7 Å². The minimum atomic E-state index is -0.849. The molecule has 1 aliphatic heterocycles. The third kappa shape index (κ3) is 2.70. The number of thioether (sulfide) groups is 1. The number of aryl methyl sites for hydroxylation is 1. The van der Waals surface area contributed by atoms with Crippen molar-refractivity contribution in [3.8, 4) is 11.1 Å². The van der Waals surface area contributed by atoms with Crippen LogP contribution in [0.1, 0.15) is 5.69 Å². The van der Waals surface area contributed by atoms with Crippen LogP contribution in [0, 0.1) is 6.92 Å². The first-order valence-corrected chi connectivity index (χ1v) is 7.06. The summed E-state index contributed by atoms with van der Waals surface area (Å²) in [5.41, 5.74) is 2.64. The number of amides is 2. The van der Waals surface area contributed by atoms with Crippen molar-refractivity contribution >= 4 is 28.7 Å². The molecule has 2 N–H and O–H groups in total. The Hall–Kier alpha value is -2.48. The lowest BCUT2D eigenvalue weighted by molar-refractivity contribution is -0.118. The second kappa shape index (κ2) is 5.49. The van der Waals surface area contributed by atoms with Crippen molar-refractivity contribution in [1.82, 2.24) is 15.5 Å². The molecular formula is C13H11N5O2S. The Morgan fingerprint density at radius 3 is 2.67 bits per heavy atom. The molecular weight excluding hydrogens is 290 g/mol. The van der Waals surface area contributed by atoms with Gasteiger partial charge in [0, 0.05) is 5.69 Å². The van der Waals surface area contributed by atoms with E-state index in [-0.39, 0.29) is 0 Å². The summed E-state index contributed by atoms with van der Waals surface area (Å²) in [5.74, 6) is -0.0614. The number of hydrogen-bond donors (Lipinski definition) is 2. The van der Waals surface area contributed by atoms with E-state index >= 15 is 0 Å². The second-order valence-corrected chi connectivity index (χ2v) is 5.43. The topological polar surface area (TPSA) is 99.6 Å². The van der Waals surface area contributed by atoms with Gasteiger partial charge in [-0.15, -0.1) is 5.11 Å². The highest BCUT2D eigenvalue weighted by atomic mass is 32.2. The number of carbonyl (C=O) groups is 2. The monoisotopic (exact) mass is 301 g/mol. The number of benzene rings is 1. The molecule has 1 unspecified atom stereocenters. The maximum atomic E-state index is 11.4. The number of carbonyl (C=O) groups excluding carboxylic acids is 2. The molecule has 0 bridgehead atoms. The standard InChI is InChI=1S/C13H11N5O2S/c1-7-9(8-5-3-2-4-6-8)10(16-15-7)17-18-12-11(19)14-13(20)21-12/h2-6,12H,1H3,(H,15,16)(H,14,19,20). The summed E-state index contributed by atoms with van der Waals surface area (Å²) >= 11 is 0.803. The van der Waals surface area contributed by atoms with E-state index in [1.54, 1.807) is 0 Å². The highest BCUT2D eigenvalue weighted by Gasteiger charge is 2.31. The summed E-state index contributed by atoms with van der Waals surface area (Å²) in [6, 6.07) is 9.64. The highest BCUT2D eigenvalue weighted by molar-refractivity contribution is 8.15. The molecule has 7 nitrogen and oxygen atoms in total. The number of rotatable bonds is 3. The van der Waals surface area contributed by atoms with Crippen LogP contribution in [0.15, 0.2) is 40.6 Å². The molecule has 0 radical (unpaired) electrons. The van der Waals surface area contributed by atoms with Crippen LogP contribution in [0.3, 0.4) is 0 Å². The second-order valence-electron chi connectivity index (χ2n) is 4.38. The predicted octanol–water partition coefficient (Wildman–Crippen LogP) is 2.78. The quantitative estimate of drug-likeness (QED) is 0.851. The van der Waals surface area contributed by atoms with Gasteiger partial charge in [0.05, 0.1) is 5.56 Å². The zero-order chi connectivity index (χ0) is 14.8. The average molecular weight is 301 g/mol. The Balaban J connectivity index is 1.91. The van der Waals surface area contributed by atoms with Gasteiger partial charge in [0.15, 0.2) is 0 Å². The summed E-state index contributed by atoms with van der Waals surface area (Å²) < 4.78 is 0. The van der Waals surface area contributed by atoms with E-state index in [1.165, 1.54) is 0 Å². The predicted molar refractivity (Wildman–Crippen MR) is 78.2 cm³/mol.